The van der Waals surface area contributed by atoms with Gasteiger partial charge >= 0.3 is 0 Å². The first-order valence-corrected chi connectivity index (χ1v) is 7.25. The van der Waals surface area contributed by atoms with E-state index in [0.29, 0.717) is 18.9 Å². The highest BCUT2D eigenvalue weighted by atomic mass is 16.2. The molecule has 4 heteroatoms. The van der Waals surface area contributed by atoms with Crippen molar-refractivity contribution in [3.8, 4) is 0 Å². The number of nitrogens with zero attached hydrogens (tertiary/aromatic N) is 2. The van der Waals surface area contributed by atoms with Crippen molar-refractivity contribution in [3.05, 3.63) is 0 Å². The fourth-order valence-electron chi connectivity index (χ4n) is 1.97. The molecule has 0 bridgehead atoms. The third-order valence-electron chi connectivity index (χ3n) is 3.11. The number of amides is 1. The SMILES string of the molecule is CCN(CC)CCN(CC(C)C)C(=O)CCCN. The highest BCUT2D eigenvalue weighted by Gasteiger charge is 2.15. The Balaban J connectivity index is 4.25. The molecule has 0 rings (SSSR count). The normalized spacial score (nSPS) is 11.3. The van der Waals surface area contributed by atoms with Crippen LogP contribution in [-0.2, 0) is 4.79 Å². The van der Waals surface area contributed by atoms with E-state index in [4.69, 9.17) is 5.73 Å². The predicted octanol–water partition coefficient (Wildman–Crippen LogP) is 1.55. The Morgan fingerprint density at radius 2 is 1.78 bits per heavy atom. The molecule has 0 unspecified atom stereocenters. The van der Waals surface area contributed by atoms with Crippen LogP contribution in [0.15, 0.2) is 0 Å². The van der Waals surface area contributed by atoms with Crippen molar-refractivity contribution in [1.82, 2.24) is 9.80 Å². The van der Waals surface area contributed by atoms with Crippen LogP contribution >= 0.6 is 0 Å². The maximum atomic E-state index is 12.1. The number of nitrogens with two attached hydrogens (primary N) is 1. The van der Waals surface area contributed by atoms with Gasteiger partial charge in [-0.3, -0.25) is 4.79 Å². The van der Waals surface area contributed by atoms with E-state index in [1.54, 1.807) is 0 Å². The lowest BCUT2D eigenvalue weighted by Crippen LogP contribution is -2.40. The summed E-state index contributed by atoms with van der Waals surface area (Å²) in [5, 5.41) is 0. The molecule has 2 N–H and O–H groups in total. The first kappa shape index (κ1) is 17.4. The lowest BCUT2D eigenvalue weighted by molar-refractivity contribution is -0.132. The first-order valence-electron chi connectivity index (χ1n) is 7.25. The average molecular weight is 257 g/mol. The van der Waals surface area contributed by atoms with Gasteiger partial charge in [0, 0.05) is 26.1 Å². The molecule has 0 saturated carbocycles. The van der Waals surface area contributed by atoms with Crippen molar-refractivity contribution in [2.75, 3.05) is 39.3 Å². The van der Waals surface area contributed by atoms with E-state index in [2.05, 4.69) is 32.6 Å². The van der Waals surface area contributed by atoms with Crippen LogP contribution < -0.4 is 5.73 Å². The average Bonchev–Trinajstić information content (AvgIpc) is 2.35. The van der Waals surface area contributed by atoms with Crippen LogP contribution in [0, 0.1) is 5.92 Å². The number of hydrogen-bond donors (Lipinski definition) is 1. The molecule has 0 heterocycles. The topological polar surface area (TPSA) is 49.6 Å². The Bertz CT molecular complexity index is 215. The number of carbonyl (C=O) groups excluding carboxylic acids is 1. The minimum atomic E-state index is 0.251. The summed E-state index contributed by atoms with van der Waals surface area (Å²) in [4.78, 5) is 16.4. The molecular weight excluding hydrogens is 226 g/mol. The third-order valence-corrected chi connectivity index (χ3v) is 3.11. The number of carbonyl (C=O) groups is 1. The van der Waals surface area contributed by atoms with Crippen molar-refractivity contribution >= 4 is 5.91 Å². The van der Waals surface area contributed by atoms with Crippen LogP contribution in [0.1, 0.15) is 40.5 Å². The molecule has 0 aliphatic carbocycles. The summed E-state index contributed by atoms with van der Waals surface area (Å²) in [6.45, 7) is 14.0. The van der Waals surface area contributed by atoms with Crippen molar-refractivity contribution in [2.24, 2.45) is 11.7 Å². The fraction of sp³-hybridized carbons (Fsp3) is 0.929. The van der Waals surface area contributed by atoms with Gasteiger partial charge in [0.05, 0.1) is 0 Å². The summed E-state index contributed by atoms with van der Waals surface area (Å²) >= 11 is 0. The molecule has 0 aromatic rings. The van der Waals surface area contributed by atoms with E-state index >= 15 is 0 Å². The highest BCUT2D eigenvalue weighted by Crippen LogP contribution is 2.04. The maximum Gasteiger partial charge on any atom is 0.222 e. The zero-order valence-electron chi connectivity index (χ0n) is 12.6. The summed E-state index contributed by atoms with van der Waals surface area (Å²) in [6.07, 6.45) is 1.38. The van der Waals surface area contributed by atoms with Crippen LogP contribution in [0.25, 0.3) is 0 Å². The molecule has 0 radical (unpaired) electrons. The molecule has 18 heavy (non-hydrogen) atoms. The molecular formula is C14H31N3O. The quantitative estimate of drug-likeness (QED) is 0.646. The van der Waals surface area contributed by atoms with E-state index in [-0.39, 0.29) is 5.91 Å². The zero-order valence-corrected chi connectivity index (χ0v) is 12.6. The van der Waals surface area contributed by atoms with Gasteiger partial charge in [-0.1, -0.05) is 27.7 Å². The maximum absolute atomic E-state index is 12.1. The Morgan fingerprint density at radius 3 is 2.22 bits per heavy atom. The number of likely N-dealkylation sites (N-methyl/N-ethyl adjacent to an activating group) is 1. The Kier molecular flexibility index (Phi) is 9.98. The van der Waals surface area contributed by atoms with Gasteiger partial charge < -0.3 is 15.5 Å². The molecule has 4 nitrogen and oxygen atoms in total. The molecule has 0 aromatic carbocycles. The molecule has 1 amide bonds. The van der Waals surface area contributed by atoms with Crippen molar-refractivity contribution in [2.45, 2.75) is 40.5 Å². The highest BCUT2D eigenvalue weighted by molar-refractivity contribution is 5.76. The van der Waals surface area contributed by atoms with Gasteiger partial charge in [0.25, 0.3) is 0 Å². The summed E-state index contributed by atoms with van der Waals surface area (Å²) in [5.74, 6) is 0.768. The first-order chi connectivity index (χ1) is 8.54. The fourth-order valence-corrected chi connectivity index (χ4v) is 1.97. The van der Waals surface area contributed by atoms with Crippen LogP contribution in [-0.4, -0.2) is 55.0 Å². The Labute approximate surface area is 113 Å². The van der Waals surface area contributed by atoms with Gasteiger partial charge in [0.1, 0.15) is 0 Å². The predicted molar refractivity (Wildman–Crippen MR) is 77.5 cm³/mol. The standard InChI is InChI=1S/C14H31N3O/c1-5-16(6-2)10-11-17(12-13(3)4)14(18)8-7-9-15/h13H,5-12,15H2,1-4H3. The molecule has 0 aromatic heterocycles. The largest absolute Gasteiger partial charge is 0.341 e. The van der Waals surface area contributed by atoms with Crippen LogP contribution in [0.5, 0.6) is 0 Å². The van der Waals surface area contributed by atoms with E-state index in [1.807, 2.05) is 4.90 Å². The van der Waals surface area contributed by atoms with Gasteiger partial charge in [-0.05, 0) is 32.0 Å². The minimum absolute atomic E-state index is 0.251. The second-order valence-electron chi connectivity index (χ2n) is 5.15. The zero-order chi connectivity index (χ0) is 14.0. The molecule has 108 valence electrons. The molecule has 0 aliphatic heterocycles. The van der Waals surface area contributed by atoms with E-state index < -0.39 is 0 Å². The molecule has 0 spiro atoms. The van der Waals surface area contributed by atoms with Crippen LogP contribution in [0.3, 0.4) is 0 Å². The van der Waals surface area contributed by atoms with Crippen LogP contribution in [0.4, 0.5) is 0 Å². The van der Waals surface area contributed by atoms with Crippen molar-refractivity contribution < 1.29 is 4.79 Å². The van der Waals surface area contributed by atoms with E-state index in [0.717, 1.165) is 39.1 Å². The number of hydrogen-bond acceptors (Lipinski definition) is 3. The molecule has 0 atom stereocenters. The van der Waals surface area contributed by atoms with Crippen LogP contribution in [0.2, 0.25) is 0 Å². The third kappa shape index (κ3) is 7.67. The Hall–Kier alpha value is -0.610. The number of rotatable bonds is 10. The van der Waals surface area contributed by atoms with Gasteiger partial charge in [0.15, 0.2) is 0 Å². The van der Waals surface area contributed by atoms with Gasteiger partial charge in [-0.25, -0.2) is 0 Å². The summed E-state index contributed by atoms with van der Waals surface area (Å²) in [7, 11) is 0. The second kappa shape index (κ2) is 10.3. The summed E-state index contributed by atoms with van der Waals surface area (Å²) in [6, 6.07) is 0. The Morgan fingerprint density at radius 1 is 1.17 bits per heavy atom. The monoisotopic (exact) mass is 257 g/mol. The molecule has 0 fully saturated rings. The van der Waals surface area contributed by atoms with Crippen molar-refractivity contribution in [3.63, 3.8) is 0 Å². The van der Waals surface area contributed by atoms with Gasteiger partial charge in [-0.2, -0.15) is 0 Å². The van der Waals surface area contributed by atoms with E-state index in [1.165, 1.54) is 0 Å². The minimum Gasteiger partial charge on any atom is -0.341 e. The molecule has 0 saturated heterocycles. The lowest BCUT2D eigenvalue weighted by atomic mass is 10.2. The smallest absolute Gasteiger partial charge is 0.222 e. The van der Waals surface area contributed by atoms with Gasteiger partial charge in [0.2, 0.25) is 5.91 Å². The van der Waals surface area contributed by atoms with Crippen molar-refractivity contribution in [1.29, 1.82) is 0 Å². The van der Waals surface area contributed by atoms with Gasteiger partial charge in [-0.15, -0.1) is 0 Å². The molecule has 0 aliphatic rings. The van der Waals surface area contributed by atoms with E-state index in [9.17, 15) is 4.79 Å². The summed E-state index contributed by atoms with van der Waals surface area (Å²) in [5.41, 5.74) is 5.46. The lowest BCUT2D eigenvalue weighted by Gasteiger charge is -2.28. The summed E-state index contributed by atoms with van der Waals surface area (Å²) < 4.78 is 0. The second-order valence-corrected chi connectivity index (χ2v) is 5.15.